The van der Waals surface area contributed by atoms with Crippen molar-refractivity contribution in [3.63, 3.8) is 0 Å². The van der Waals surface area contributed by atoms with Crippen LogP contribution in [-0.2, 0) is 12.0 Å². The zero-order chi connectivity index (χ0) is 15.7. The molecule has 0 fully saturated rings. The van der Waals surface area contributed by atoms with Gasteiger partial charge in [0.2, 0.25) is 0 Å². The molecule has 3 aromatic rings. The van der Waals surface area contributed by atoms with E-state index in [0.29, 0.717) is 0 Å². The lowest BCUT2D eigenvalue weighted by atomic mass is 9.96. The SMILES string of the molecule is CN(Cc1ccccc1)c1ccc2nnc(C(C)(C)C)n2n1. The number of hydrogen-bond acceptors (Lipinski definition) is 4. The van der Waals surface area contributed by atoms with Crippen LogP contribution in [0, 0.1) is 0 Å². The van der Waals surface area contributed by atoms with E-state index in [4.69, 9.17) is 5.10 Å². The third-order valence-corrected chi connectivity index (χ3v) is 3.57. The first kappa shape index (κ1) is 14.5. The molecule has 114 valence electrons. The van der Waals surface area contributed by atoms with Crippen molar-refractivity contribution in [2.24, 2.45) is 0 Å². The zero-order valence-electron chi connectivity index (χ0n) is 13.5. The van der Waals surface area contributed by atoms with Crippen LogP contribution in [0.15, 0.2) is 42.5 Å². The Morgan fingerprint density at radius 3 is 2.41 bits per heavy atom. The first-order chi connectivity index (χ1) is 10.4. The Labute approximate surface area is 130 Å². The van der Waals surface area contributed by atoms with E-state index in [1.807, 2.05) is 29.8 Å². The summed E-state index contributed by atoms with van der Waals surface area (Å²) < 4.78 is 1.84. The molecule has 1 aromatic carbocycles. The second kappa shape index (κ2) is 5.40. The maximum atomic E-state index is 4.72. The maximum Gasteiger partial charge on any atom is 0.178 e. The van der Waals surface area contributed by atoms with Crippen LogP contribution in [-0.4, -0.2) is 26.9 Å². The fraction of sp³-hybridized carbons (Fsp3) is 0.353. The number of benzene rings is 1. The normalized spacial score (nSPS) is 11.8. The van der Waals surface area contributed by atoms with E-state index >= 15 is 0 Å². The highest BCUT2D eigenvalue weighted by Gasteiger charge is 2.22. The van der Waals surface area contributed by atoms with Crippen molar-refractivity contribution in [3.05, 3.63) is 53.9 Å². The monoisotopic (exact) mass is 295 g/mol. The standard InChI is InChI=1S/C17H21N5/c1-17(2,3)16-19-18-14-10-11-15(20-22(14)16)21(4)12-13-8-6-5-7-9-13/h5-11H,12H2,1-4H3. The van der Waals surface area contributed by atoms with Gasteiger partial charge in [0, 0.05) is 19.0 Å². The van der Waals surface area contributed by atoms with Crippen LogP contribution in [0.25, 0.3) is 5.65 Å². The minimum absolute atomic E-state index is 0.0942. The molecule has 0 amide bonds. The highest BCUT2D eigenvalue weighted by molar-refractivity contribution is 5.46. The van der Waals surface area contributed by atoms with E-state index in [1.54, 1.807) is 0 Å². The summed E-state index contributed by atoms with van der Waals surface area (Å²) in [7, 11) is 2.04. The predicted molar refractivity (Wildman–Crippen MR) is 88.0 cm³/mol. The average molecular weight is 295 g/mol. The Morgan fingerprint density at radius 2 is 1.73 bits per heavy atom. The third-order valence-electron chi connectivity index (χ3n) is 3.57. The first-order valence-corrected chi connectivity index (χ1v) is 7.43. The van der Waals surface area contributed by atoms with Gasteiger partial charge in [0.05, 0.1) is 0 Å². The van der Waals surface area contributed by atoms with Crippen molar-refractivity contribution in [1.29, 1.82) is 0 Å². The topological polar surface area (TPSA) is 46.3 Å². The molecular formula is C17H21N5. The van der Waals surface area contributed by atoms with Crippen molar-refractivity contribution < 1.29 is 0 Å². The largest absolute Gasteiger partial charge is 0.354 e. The van der Waals surface area contributed by atoms with Gasteiger partial charge in [0.1, 0.15) is 5.82 Å². The van der Waals surface area contributed by atoms with E-state index in [-0.39, 0.29) is 5.41 Å². The molecule has 2 aromatic heterocycles. The van der Waals surface area contributed by atoms with Crippen molar-refractivity contribution >= 4 is 11.5 Å². The van der Waals surface area contributed by atoms with Gasteiger partial charge in [-0.15, -0.1) is 15.3 Å². The van der Waals surface area contributed by atoms with Crippen molar-refractivity contribution in [2.45, 2.75) is 32.7 Å². The number of nitrogens with zero attached hydrogens (tertiary/aromatic N) is 5. The van der Waals surface area contributed by atoms with Crippen LogP contribution in [0.4, 0.5) is 5.82 Å². The summed E-state index contributed by atoms with van der Waals surface area (Å²) in [6.07, 6.45) is 0. The molecular weight excluding hydrogens is 274 g/mol. The summed E-state index contributed by atoms with van der Waals surface area (Å²) >= 11 is 0. The summed E-state index contributed by atoms with van der Waals surface area (Å²) in [5.74, 6) is 1.78. The van der Waals surface area contributed by atoms with Crippen LogP contribution in [0.1, 0.15) is 32.2 Å². The van der Waals surface area contributed by atoms with E-state index in [1.165, 1.54) is 5.56 Å². The molecule has 0 atom stereocenters. The van der Waals surface area contributed by atoms with Crippen molar-refractivity contribution in [1.82, 2.24) is 19.8 Å². The zero-order valence-corrected chi connectivity index (χ0v) is 13.5. The third kappa shape index (κ3) is 2.79. The number of anilines is 1. The average Bonchev–Trinajstić information content (AvgIpc) is 2.91. The van der Waals surface area contributed by atoms with Gasteiger partial charge in [0.15, 0.2) is 11.5 Å². The summed E-state index contributed by atoms with van der Waals surface area (Å²) in [6, 6.07) is 14.3. The lowest BCUT2D eigenvalue weighted by Gasteiger charge is -2.19. The van der Waals surface area contributed by atoms with Gasteiger partial charge in [-0.1, -0.05) is 51.1 Å². The number of fused-ring (bicyclic) bond motifs is 1. The molecule has 0 radical (unpaired) electrons. The van der Waals surface area contributed by atoms with E-state index in [2.05, 4.69) is 60.1 Å². The van der Waals surface area contributed by atoms with Gasteiger partial charge < -0.3 is 4.90 Å². The second-order valence-corrected chi connectivity index (χ2v) is 6.58. The van der Waals surface area contributed by atoms with Crippen LogP contribution >= 0.6 is 0 Å². The van der Waals surface area contributed by atoms with E-state index < -0.39 is 0 Å². The second-order valence-electron chi connectivity index (χ2n) is 6.58. The van der Waals surface area contributed by atoms with E-state index in [0.717, 1.165) is 23.8 Å². The quantitative estimate of drug-likeness (QED) is 0.745. The Morgan fingerprint density at radius 1 is 1.00 bits per heavy atom. The molecule has 0 bridgehead atoms. The lowest BCUT2D eigenvalue weighted by molar-refractivity contribution is 0.526. The van der Waals surface area contributed by atoms with Gasteiger partial charge in [-0.3, -0.25) is 0 Å². The van der Waals surface area contributed by atoms with E-state index in [9.17, 15) is 0 Å². The van der Waals surface area contributed by atoms with Gasteiger partial charge in [-0.25, -0.2) is 0 Å². The first-order valence-electron chi connectivity index (χ1n) is 7.43. The molecule has 0 unspecified atom stereocenters. The highest BCUT2D eigenvalue weighted by Crippen LogP contribution is 2.21. The number of rotatable bonds is 3. The number of hydrogen-bond donors (Lipinski definition) is 0. The van der Waals surface area contributed by atoms with Crippen molar-refractivity contribution in [2.75, 3.05) is 11.9 Å². The van der Waals surface area contributed by atoms with Gasteiger partial charge in [0.25, 0.3) is 0 Å². The fourth-order valence-corrected chi connectivity index (χ4v) is 2.39. The maximum absolute atomic E-state index is 4.72. The lowest BCUT2D eigenvalue weighted by Crippen LogP contribution is -2.21. The minimum atomic E-state index is -0.0942. The smallest absolute Gasteiger partial charge is 0.178 e. The van der Waals surface area contributed by atoms with Crippen LogP contribution in [0.2, 0.25) is 0 Å². The molecule has 0 aliphatic heterocycles. The van der Waals surface area contributed by atoms with Crippen LogP contribution in [0.3, 0.4) is 0 Å². The predicted octanol–water partition coefficient (Wildman–Crippen LogP) is 3.06. The fourth-order valence-electron chi connectivity index (χ4n) is 2.39. The molecule has 5 nitrogen and oxygen atoms in total. The van der Waals surface area contributed by atoms with Gasteiger partial charge in [-0.2, -0.15) is 4.52 Å². The molecule has 0 saturated heterocycles. The number of aromatic nitrogens is 4. The summed E-state index contributed by atoms with van der Waals surface area (Å²) in [6.45, 7) is 7.16. The minimum Gasteiger partial charge on any atom is -0.354 e. The van der Waals surface area contributed by atoms with Crippen molar-refractivity contribution in [3.8, 4) is 0 Å². The van der Waals surface area contributed by atoms with Crippen LogP contribution in [0.5, 0.6) is 0 Å². The molecule has 0 N–H and O–H groups in total. The Balaban J connectivity index is 1.94. The summed E-state index contributed by atoms with van der Waals surface area (Å²) in [5.41, 5.74) is 1.94. The van der Waals surface area contributed by atoms with Gasteiger partial charge >= 0.3 is 0 Å². The Hall–Kier alpha value is -2.43. The van der Waals surface area contributed by atoms with Gasteiger partial charge in [-0.05, 0) is 17.7 Å². The highest BCUT2D eigenvalue weighted by atomic mass is 15.4. The summed E-state index contributed by atoms with van der Waals surface area (Å²) in [5, 5.41) is 13.2. The molecule has 0 aliphatic carbocycles. The van der Waals surface area contributed by atoms with Crippen LogP contribution < -0.4 is 4.90 Å². The Bertz CT molecular complexity index is 771. The molecule has 0 saturated carbocycles. The molecule has 5 heteroatoms. The molecule has 3 rings (SSSR count). The molecule has 2 heterocycles. The Kier molecular flexibility index (Phi) is 3.56. The molecule has 22 heavy (non-hydrogen) atoms. The summed E-state index contributed by atoms with van der Waals surface area (Å²) in [4.78, 5) is 2.13. The molecule has 0 spiro atoms. The molecule has 0 aliphatic rings.